The van der Waals surface area contributed by atoms with E-state index >= 15 is 4.39 Å². The molecule has 16 heteroatoms. The van der Waals surface area contributed by atoms with Gasteiger partial charge in [0, 0.05) is 23.6 Å². The summed E-state index contributed by atoms with van der Waals surface area (Å²) in [7, 11) is 1.44. The molecule has 270 valence electrons. The molecule has 2 aliphatic heterocycles. The lowest BCUT2D eigenvalue weighted by Gasteiger charge is -2.48. The molecule has 2 fully saturated rings. The molecule has 1 aromatic heterocycles. The van der Waals surface area contributed by atoms with E-state index in [1.165, 1.54) is 26.0 Å². The van der Waals surface area contributed by atoms with Gasteiger partial charge in [-0.05, 0) is 110 Å². The summed E-state index contributed by atoms with van der Waals surface area (Å²) < 4.78 is 76.4. The molecule has 10 nitrogen and oxygen atoms in total. The van der Waals surface area contributed by atoms with Gasteiger partial charge >= 0.3 is 0 Å². The summed E-state index contributed by atoms with van der Waals surface area (Å²) in [4.78, 5) is 4.40. The largest absolute Gasteiger partial charge is 0.375 e. The molecule has 0 amide bonds. The van der Waals surface area contributed by atoms with Gasteiger partial charge in [-0.15, -0.1) is 0 Å². The number of ether oxygens (including phenoxy) is 1. The number of likely N-dealkylation sites (tertiary alicyclic amines) is 1. The Morgan fingerprint density at radius 2 is 1.84 bits per heavy atom. The number of aromatic amines is 1. The molecule has 2 aromatic carbocycles. The van der Waals surface area contributed by atoms with Crippen molar-refractivity contribution in [3.8, 4) is 0 Å². The predicted molar refractivity (Wildman–Crippen MR) is 187 cm³/mol. The van der Waals surface area contributed by atoms with Crippen molar-refractivity contribution in [1.82, 2.24) is 30.6 Å². The first-order chi connectivity index (χ1) is 23.1. The molecule has 2 aliphatic rings. The van der Waals surface area contributed by atoms with Crippen LogP contribution in [0.15, 0.2) is 46.2 Å². The molecule has 49 heavy (non-hydrogen) atoms. The van der Waals surface area contributed by atoms with Crippen LogP contribution in [0.2, 0.25) is 5.02 Å². The number of rotatable bonds is 12. The Balaban J connectivity index is 1.37. The maximum atomic E-state index is 15.8. The van der Waals surface area contributed by atoms with Crippen LogP contribution in [-0.2, 0) is 19.3 Å². The Morgan fingerprint density at radius 1 is 1.12 bits per heavy atom. The van der Waals surface area contributed by atoms with Crippen molar-refractivity contribution in [2.45, 2.75) is 78.5 Å². The first-order valence-corrected chi connectivity index (χ1v) is 18.9. The van der Waals surface area contributed by atoms with E-state index in [1.54, 1.807) is 7.11 Å². The lowest BCUT2D eigenvalue weighted by atomic mass is 9.92. The number of aryl methyl sites for hydroxylation is 1. The van der Waals surface area contributed by atoms with Crippen LogP contribution in [-0.4, -0.2) is 93.2 Å². The van der Waals surface area contributed by atoms with Crippen molar-refractivity contribution in [2.24, 2.45) is 5.92 Å². The lowest BCUT2D eigenvalue weighted by molar-refractivity contribution is -0.0504. The summed E-state index contributed by atoms with van der Waals surface area (Å²) in [6.45, 7) is 7.14. The number of anilines is 1. The first kappa shape index (κ1) is 37.9. The van der Waals surface area contributed by atoms with Crippen LogP contribution in [0.3, 0.4) is 0 Å². The molecule has 0 saturated carbocycles. The molecule has 0 bridgehead atoms. The second-order valence-electron chi connectivity index (χ2n) is 13.4. The number of hydrogen-bond acceptors (Lipinski definition) is 10. The zero-order valence-corrected chi connectivity index (χ0v) is 30.9. The van der Waals surface area contributed by atoms with Gasteiger partial charge in [0.15, 0.2) is 9.84 Å². The molecule has 3 aromatic rings. The van der Waals surface area contributed by atoms with Gasteiger partial charge in [-0.25, -0.2) is 21.6 Å². The third-order valence-corrected chi connectivity index (χ3v) is 13.2. The van der Waals surface area contributed by atoms with E-state index in [4.69, 9.17) is 16.3 Å². The minimum absolute atomic E-state index is 0.190. The van der Waals surface area contributed by atoms with E-state index in [9.17, 15) is 17.2 Å². The maximum Gasteiger partial charge on any atom is 0.187 e. The Bertz CT molecular complexity index is 1720. The smallest absolute Gasteiger partial charge is 0.187 e. The van der Waals surface area contributed by atoms with Gasteiger partial charge in [0.1, 0.15) is 41.0 Å². The highest BCUT2D eigenvalue weighted by molar-refractivity contribution is 7.99. The number of hydrogen-bond donors (Lipinski definition) is 4. The van der Waals surface area contributed by atoms with Crippen LogP contribution in [0.4, 0.5) is 19.0 Å². The molecular weight excluding hydrogens is 699 g/mol. The number of nitrogens with zero attached hydrogens (tertiary/aromatic N) is 3. The topological polar surface area (TPSA) is 115 Å². The van der Waals surface area contributed by atoms with Crippen LogP contribution < -0.4 is 16.0 Å². The second-order valence-corrected chi connectivity index (χ2v) is 17.5. The van der Waals surface area contributed by atoms with E-state index < -0.39 is 54.3 Å². The number of sulfone groups is 1. The maximum absolute atomic E-state index is 15.8. The van der Waals surface area contributed by atoms with Crippen LogP contribution >= 0.6 is 23.4 Å². The zero-order chi connectivity index (χ0) is 35.7. The van der Waals surface area contributed by atoms with Crippen molar-refractivity contribution in [3.05, 3.63) is 70.1 Å². The zero-order valence-electron chi connectivity index (χ0n) is 28.5. The van der Waals surface area contributed by atoms with E-state index in [1.807, 2.05) is 13.0 Å². The Kier molecular flexibility index (Phi) is 12.0. The third kappa shape index (κ3) is 8.41. The van der Waals surface area contributed by atoms with Crippen LogP contribution in [0, 0.1) is 30.3 Å². The summed E-state index contributed by atoms with van der Waals surface area (Å²) in [5, 5.41) is 17.2. The highest BCUT2D eigenvalue weighted by Gasteiger charge is 2.43. The van der Waals surface area contributed by atoms with Crippen LogP contribution in [0.1, 0.15) is 44.4 Å². The number of aromatic nitrogens is 2. The van der Waals surface area contributed by atoms with E-state index in [0.717, 1.165) is 74.6 Å². The number of methoxy groups -OCH3 is 1. The summed E-state index contributed by atoms with van der Waals surface area (Å²) in [5.74, 6) is -1.37. The van der Waals surface area contributed by atoms with Gasteiger partial charge in [-0.3, -0.25) is 20.6 Å². The number of piperidine rings is 1. The fraction of sp³-hybridized carbons (Fsp3) is 0.545. The second kappa shape index (κ2) is 15.5. The fourth-order valence-corrected chi connectivity index (χ4v) is 9.17. The van der Waals surface area contributed by atoms with Crippen LogP contribution in [0.25, 0.3) is 0 Å². The predicted octanol–water partition coefficient (Wildman–Crippen LogP) is 5.51. The molecule has 4 atom stereocenters. The first-order valence-electron chi connectivity index (χ1n) is 16.2. The van der Waals surface area contributed by atoms with Crippen molar-refractivity contribution >= 4 is 39.0 Å². The van der Waals surface area contributed by atoms with Crippen molar-refractivity contribution in [1.29, 1.82) is 0 Å². The SMILES string of the molecule is COC1C(Nc2cc(C)n[nH]2)NC(Sc2ccc(S(=O)(=O)C(C)(C)c3cc(F)cc(Cl)c3F)cc2F)NC1N1CCC(CCN(C)C)CC1. The summed E-state index contributed by atoms with van der Waals surface area (Å²) >= 11 is 6.98. The minimum Gasteiger partial charge on any atom is -0.375 e. The molecule has 0 radical (unpaired) electrons. The fourth-order valence-electron chi connectivity index (χ4n) is 6.44. The Labute approximate surface area is 295 Å². The van der Waals surface area contributed by atoms with Crippen molar-refractivity contribution < 1.29 is 26.3 Å². The molecule has 5 rings (SSSR count). The van der Waals surface area contributed by atoms with Gasteiger partial charge in [0.2, 0.25) is 0 Å². The van der Waals surface area contributed by atoms with Gasteiger partial charge in [0.05, 0.1) is 26.5 Å². The summed E-state index contributed by atoms with van der Waals surface area (Å²) in [5.41, 5.74) is -0.143. The Morgan fingerprint density at radius 3 is 2.45 bits per heavy atom. The lowest BCUT2D eigenvalue weighted by Crippen LogP contribution is -2.72. The van der Waals surface area contributed by atoms with Crippen molar-refractivity contribution in [2.75, 3.05) is 46.2 Å². The van der Waals surface area contributed by atoms with Gasteiger partial charge in [-0.2, -0.15) is 5.10 Å². The average Bonchev–Trinajstić information content (AvgIpc) is 3.46. The highest BCUT2D eigenvalue weighted by atomic mass is 35.5. The van der Waals surface area contributed by atoms with Crippen molar-refractivity contribution in [3.63, 3.8) is 0 Å². The van der Waals surface area contributed by atoms with E-state index in [2.05, 4.69) is 50.0 Å². The van der Waals surface area contributed by atoms with Gasteiger partial charge in [-0.1, -0.05) is 23.4 Å². The standard InChI is InChI=1S/C33H45ClF3N7O3S2/c1-19-15-27(42-41-19)38-30-29(47-6)31(44-13-10-20(11-14-44)9-12-43(4)5)40-32(39-30)48-26-8-7-22(18-25(26)36)49(45,46)33(2,3)23-16-21(35)17-24(34)28(23)37/h7-8,15-18,20,29-32,39-40H,9-14H2,1-6H3,(H2,38,41,42). The minimum atomic E-state index is -4.40. The number of thioether (sulfide) groups is 1. The molecular formula is C33H45ClF3N7O3S2. The molecule has 3 heterocycles. The normalized spacial score (nSPS) is 22.9. The third-order valence-electron chi connectivity index (χ3n) is 9.38. The molecule has 4 unspecified atom stereocenters. The number of benzene rings is 2. The summed E-state index contributed by atoms with van der Waals surface area (Å²) in [6.07, 6.45) is 2.28. The molecule has 0 aliphatic carbocycles. The number of nitrogens with one attached hydrogen (secondary N) is 4. The quantitative estimate of drug-likeness (QED) is 0.177. The highest BCUT2D eigenvalue weighted by Crippen LogP contribution is 2.40. The monoisotopic (exact) mass is 743 g/mol. The molecule has 4 N–H and O–H groups in total. The average molecular weight is 744 g/mol. The van der Waals surface area contributed by atoms with Gasteiger partial charge in [0.25, 0.3) is 0 Å². The molecule has 0 spiro atoms. The summed E-state index contributed by atoms with van der Waals surface area (Å²) in [6, 6.07) is 7.03. The number of H-pyrrole nitrogens is 1. The van der Waals surface area contributed by atoms with E-state index in [0.29, 0.717) is 11.7 Å². The van der Waals surface area contributed by atoms with E-state index in [-0.39, 0.29) is 22.1 Å². The molecule has 2 saturated heterocycles. The van der Waals surface area contributed by atoms with Gasteiger partial charge < -0.3 is 15.0 Å². The number of halogens is 4. The Hall–Kier alpha value is -2.37. The van der Waals surface area contributed by atoms with Crippen LogP contribution in [0.5, 0.6) is 0 Å².